The lowest BCUT2D eigenvalue weighted by atomic mass is 10.1. The van der Waals surface area contributed by atoms with E-state index in [1.807, 2.05) is 6.07 Å². The van der Waals surface area contributed by atoms with Gasteiger partial charge >= 0.3 is 6.03 Å². The van der Waals surface area contributed by atoms with Gasteiger partial charge in [-0.2, -0.15) is 5.26 Å². The number of ether oxygens (including phenoxy) is 2. The van der Waals surface area contributed by atoms with Gasteiger partial charge in [0.2, 0.25) is 0 Å². The SMILES string of the molecule is COc1cc(/C=C2\C(=O)NC(=O)N(c3ccc(Cl)cc3Cl)C2=O)ccc1OCC#N. The minimum atomic E-state index is -0.927. The summed E-state index contributed by atoms with van der Waals surface area (Å²) < 4.78 is 10.5. The molecule has 0 saturated carbocycles. The Labute approximate surface area is 181 Å². The molecule has 0 aliphatic carbocycles. The van der Waals surface area contributed by atoms with E-state index in [4.69, 9.17) is 37.9 Å². The second-order valence-corrected chi connectivity index (χ2v) is 6.75. The minimum Gasteiger partial charge on any atom is -0.493 e. The van der Waals surface area contributed by atoms with Crippen LogP contribution in [0.1, 0.15) is 5.56 Å². The van der Waals surface area contributed by atoms with Gasteiger partial charge in [0, 0.05) is 5.02 Å². The van der Waals surface area contributed by atoms with Gasteiger partial charge in [0.15, 0.2) is 18.1 Å². The summed E-state index contributed by atoms with van der Waals surface area (Å²) in [5.74, 6) is -1.07. The maximum atomic E-state index is 12.9. The first kappa shape index (κ1) is 21.2. The molecule has 10 heteroatoms. The Balaban J connectivity index is 1.99. The predicted octanol–water partition coefficient (Wildman–Crippen LogP) is 3.57. The summed E-state index contributed by atoms with van der Waals surface area (Å²) in [6.07, 6.45) is 1.30. The number of halogens is 2. The lowest BCUT2D eigenvalue weighted by Gasteiger charge is -2.27. The fourth-order valence-corrected chi connectivity index (χ4v) is 3.20. The van der Waals surface area contributed by atoms with E-state index in [1.165, 1.54) is 43.5 Å². The van der Waals surface area contributed by atoms with Crippen molar-refractivity contribution in [3.8, 4) is 17.6 Å². The Hall–Kier alpha value is -3.54. The molecular weight excluding hydrogens is 433 g/mol. The number of rotatable bonds is 5. The second-order valence-electron chi connectivity index (χ2n) is 5.91. The molecule has 0 bridgehead atoms. The fourth-order valence-electron chi connectivity index (χ4n) is 2.71. The van der Waals surface area contributed by atoms with Crippen LogP contribution in [-0.2, 0) is 9.59 Å². The summed E-state index contributed by atoms with van der Waals surface area (Å²) in [5, 5.41) is 11.1. The van der Waals surface area contributed by atoms with E-state index in [0.29, 0.717) is 22.1 Å². The van der Waals surface area contributed by atoms with E-state index in [0.717, 1.165) is 4.90 Å². The number of benzene rings is 2. The van der Waals surface area contributed by atoms with Crippen LogP contribution in [-0.4, -0.2) is 31.6 Å². The van der Waals surface area contributed by atoms with Gasteiger partial charge in [-0.3, -0.25) is 14.9 Å². The molecule has 2 aromatic carbocycles. The van der Waals surface area contributed by atoms with Crippen LogP contribution in [0, 0.1) is 11.3 Å². The molecule has 0 unspecified atom stereocenters. The lowest BCUT2D eigenvalue weighted by Crippen LogP contribution is -2.54. The summed E-state index contributed by atoms with van der Waals surface area (Å²) in [5.41, 5.74) is 0.235. The quantitative estimate of drug-likeness (QED) is 0.556. The Kier molecular flexibility index (Phi) is 6.26. The molecular formula is C20H13Cl2N3O5. The number of carbonyl (C=O) groups excluding carboxylic acids is 3. The first-order valence-electron chi connectivity index (χ1n) is 8.40. The molecule has 30 heavy (non-hydrogen) atoms. The molecule has 0 radical (unpaired) electrons. The van der Waals surface area contributed by atoms with E-state index in [1.54, 1.807) is 6.07 Å². The Morgan fingerprint density at radius 2 is 1.90 bits per heavy atom. The summed E-state index contributed by atoms with van der Waals surface area (Å²) in [7, 11) is 1.41. The maximum Gasteiger partial charge on any atom is 0.335 e. The molecule has 1 N–H and O–H groups in total. The van der Waals surface area contributed by atoms with E-state index in [2.05, 4.69) is 5.32 Å². The van der Waals surface area contributed by atoms with Crippen molar-refractivity contribution in [2.45, 2.75) is 0 Å². The molecule has 1 saturated heterocycles. The van der Waals surface area contributed by atoms with E-state index in [9.17, 15) is 14.4 Å². The molecule has 1 fully saturated rings. The number of carbonyl (C=O) groups is 3. The van der Waals surface area contributed by atoms with Gasteiger partial charge in [-0.15, -0.1) is 0 Å². The van der Waals surface area contributed by atoms with Gasteiger partial charge < -0.3 is 9.47 Å². The monoisotopic (exact) mass is 445 g/mol. The van der Waals surface area contributed by atoms with Crippen molar-refractivity contribution in [3.63, 3.8) is 0 Å². The van der Waals surface area contributed by atoms with Gasteiger partial charge in [-0.25, -0.2) is 9.69 Å². The normalized spacial score (nSPS) is 15.1. The molecule has 8 nitrogen and oxygen atoms in total. The molecule has 1 heterocycles. The van der Waals surface area contributed by atoms with Crippen LogP contribution in [0.4, 0.5) is 10.5 Å². The number of barbiturate groups is 1. The van der Waals surface area contributed by atoms with Gasteiger partial charge in [0.05, 0.1) is 17.8 Å². The highest BCUT2D eigenvalue weighted by molar-refractivity contribution is 6.42. The maximum absolute atomic E-state index is 12.9. The average Bonchev–Trinajstić information content (AvgIpc) is 2.71. The number of amides is 4. The number of anilines is 1. The zero-order valence-corrected chi connectivity index (χ0v) is 17.0. The molecule has 1 aliphatic rings. The number of nitrogens with zero attached hydrogens (tertiary/aromatic N) is 2. The Morgan fingerprint density at radius 3 is 2.57 bits per heavy atom. The largest absolute Gasteiger partial charge is 0.493 e. The number of nitrogens with one attached hydrogen (secondary N) is 1. The van der Waals surface area contributed by atoms with Crippen molar-refractivity contribution in [2.75, 3.05) is 18.6 Å². The predicted molar refractivity (Wildman–Crippen MR) is 110 cm³/mol. The number of hydrogen-bond acceptors (Lipinski definition) is 6. The molecule has 2 aromatic rings. The highest BCUT2D eigenvalue weighted by atomic mass is 35.5. The van der Waals surface area contributed by atoms with Gasteiger partial charge in [-0.05, 0) is 42.0 Å². The highest BCUT2D eigenvalue weighted by Crippen LogP contribution is 2.32. The van der Waals surface area contributed by atoms with Crippen LogP contribution in [0.2, 0.25) is 10.0 Å². The number of nitriles is 1. The van der Waals surface area contributed by atoms with Crippen LogP contribution in [0.25, 0.3) is 6.08 Å². The molecule has 3 rings (SSSR count). The average molecular weight is 446 g/mol. The minimum absolute atomic E-state index is 0.0698. The number of urea groups is 1. The smallest absolute Gasteiger partial charge is 0.335 e. The Morgan fingerprint density at radius 1 is 1.13 bits per heavy atom. The molecule has 1 aliphatic heterocycles. The van der Waals surface area contributed by atoms with E-state index in [-0.39, 0.29) is 22.9 Å². The van der Waals surface area contributed by atoms with Gasteiger partial charge in [0.25, 0.3) is 11.8 Å². The third-order valence-electron chi connectivity index (χ3n) is 4.04. The molecule has 0 atom stereocenters. The van der Waals surface area contributed by atoms with Crippen molar-refractivity contribution in [2.24, 2.45) is 0 Å². The third-order valence-corrected chi connectivity index (χ3v) is 4.58. The second kappa shape index (κ2) is 8.86. The fraction of sp³-hybridized carbons (Fsp3) is 0.100. The lowest BCUT2D eigenvalue weighted by molar-refractivity contribution is -0.122. The summed E-state index contributed by atoms with van der Waals surface area (Å²) in [4.78, 5) is 38.3. The van der Waals surface area contributed by atoms with Gasteiger partial charge in [-0.1, -0.05) is 29.3 Å². The standard InChI is InChI=1S/C20H13Cl2N3O5/c1-29-17-9-11(2-5-16(17)30-7-6-23)8-13-18(26)24-20(28)25(19(13)27)15-4-3-12(21)10-14(15)22/h2-5,8-10H,7H2,1H3,(H,24,26,28)/b13-8+. The van der Waals surface area contributed by atoms with E-state index < -0.39 is 17.8 Å². The van der Waals surface area contributed by atoms with Crippen molar-refractivity contribution in [1.82, 2.24) is 5.32 Å². The number of hydrogen-bond donors (Lipinski definition) is 1. The molecule has 0 aromatic heterocycles. The van der Waals surface area contributed by atoms with Crippen LogP contribution >= 0.6 is 23.2 Å². The molecule has 0 spiro atoms. The van der Waals surface area contributed by atoms with Crippen LogP contribution in [0.5, 0.6) is 11.5 Å². The third kappa shape index (κ3) is 4.22. The van der Waals surface area contributed by atoms with E-state index >= 15 is 0 Å². The van der Waals surface area contributed by atoms with Crippen LogP contribution < -0.4 is 19.7 Å². The van der Waals surface area contributed by atoms with Crippen LogP contribution in [0.3, 0.4) is 0 Å². The Bertz CT molecular complexity index is 1120. The number of imide groups is 2. The highest BCUT2D eigenvalue weighted by Gasteiger charge is 2.37. The summed E-state index contributed by atoms with van der Waals surface area (Å²) in [6.45, 7) is -0.170. The topological polar surface area (TPSA) is 109 Å². The number of methoxy groups -OCH3 is 1. The zero-order chi connectivity index (χ0) is 21.8. The zero-order valence-electron chi connectivity index (χ0n) is 15.4. The first-order valence-corrected chi connectivity index (χ1v) is 9.15. The van der Waals surface area contributed by atoms with Crippen LogP contribution in [0.15, 0.2) is 42.0 Å². The molecule has 152 valence electrons. The summed E-state index contributed by atoms with van der Waals surface area (Å²) in [6, 6.07) is 9.80. The van der Waals surface area contributed by atoms with Gasteiger partial charge in [0.1, 0.15) is 11.6 Å². The van der Waals surface area contributed by atoms with Crippen molar-refractivity contribution in [3.05, 3.63) is 57.6 Å². The van der Waals surface area contributed by atoms with Crippen molar-refractivity contribution >= 4 is 52.8 Å². The van der Waals surface area contributed by atoms with Crippen molar-refractivity contribution in [1.29, 1.82) is 5.26 Å². The molecule has 4 amide bonds. The summed E-state index contributed by atoms with van der Waals surface area (Å²) >= 11 is 12.0. The van der Waals surface area contributed by atoms with Crippen molar-refractivity contribution < 1.29 is 23.9 Å². The first-order chi connectivity index (χ1) is 14.3.